The molecule has 0 atom stereocenters. The average Bonchev–Trinajstić information content (AvgIpc) is 3.08. The fourth-order valence-electron chi connectivity index (χ4n) is 2.14. The molecule has 1 aromatic heterocycles. The van der Waals surface area contributed by atoms with E-state index in [4.69, 9.17) is 9.15 Å². The van der Waals surface area contributed by atoms with Crippen LogP contribution in [-0.4, -0.2) is 11.3 Å². The number of aromatic nitrogens is 1. The van der Waals surface area contributed by atoms with E-state index in [-0.39, 0.29) is 12.5 Å². The molecule has 0 radical (unpaired) electrons. The number of benzene rings is 2. The largest absolute Gasteiger partial charge is 0.487 e. The van der Waals surface area contributed by atoms with E-state index in [1.165, 1.54) is 18.4 Å². The topological polar surface area (TPSA) is 52.3 Å². The maximum absolute atomic E-state index is 12.6. The summed E-state index contributed by atoms with van der Waals surface area (Å²) in [6, 6.07) is 11.2. The highest BCUT2D eigenvalue weighted by Crippen LogP contribution is 2.30. The second-order valence-electron chi connectivity index (χ2n) is 5.20. The molecule has 0 spiro atoms. The van der Waals surface area contributed by atoms with E-state index >= 15 is 0 Å². The van der Waals surface area contributed by atoms with E-state index in [9.17, 15) is 18.0 Å². The molecule has 7 heteroatoms. The molecule has 4 nitrogen and oxygen atoms in total. The quantitative estimate of drug-likeness (QED) is 0.625. The summed E-state index contributed by atoms with van der Waals surface area (Å²) in [5.74, 6) is 0.706. The van der Waals surface area contributed by atoms with Crippen LogP contribution in [0.2, 0.25) is 0 Å². The first-order valence-corrected chi connectivity index (χ1v) is 7.26. The third-order valence-electron chi connectivity index (χ3n) is 3.39. The molecule has 0 aliphatic rings. The molecule has 0 N–H and O–H groups in total. The number of hydrogen-bond donors (Lipinski definition) is 0. The molecule has 0 bridgehead atoms. The summed E-state index contributed by atoms with van der Waals surface area (Å²) in [6.07, 6.45) is -2.30. The minimum absolute atomic E-state index is 0.104. The van der Waals surface area contributed by atoms with Crippen LogP contribution in [0.3, 0.4) is 0 Å². The number of hydrogen-bond acceptors (Lipinski definition) is 4. The smallest absolute Gasteiger partial charge is 0.416 e. The van der Waals surface area contributed by atoms with Crippen molar-refractivity contribution in [2.75, 3.05) is 0 Å². The van der Waals surface area contributed by atoms with Crippen LogP contribution >= 0.6 is 0 Å². The highest BCUT2D eigenvalue weighted by atomic mass is 19.4. The van der Waals surface area contributed by atoms with Crippen LogP contribution in [0, 0.1) is 0 Å². The van der Waals surface area contributed by atoms with Gasteiger partial charge in [0.15, 0.2) is 0 Å². The summed E-state index contributed by atoms with van der Waals surface area (Å²) in [5.41, 5.74) is 0.665. The van der Waals surface area contributed by atoms with Gasteiger partial charge >= 0.3 is 6.18 Å². The average molecular weight is 347 g/mol. The van der Waals surface area contributed by atoms with Gasteiger partial charge in [0.25, 0.3) is 0 Å². The van der Waals surface area contributed by atoms with E-state index in [1.807, 2.05) is 0 Å². The molecule has 3 rings (SSSR count). The number of rotatable bonds is 5. The van der Waals surface area contributed by atoms with E-state index in [1.54, 1.807) is 24.3 Å². The lowest BCUT2D eigenvalue weighted by molar-refractivity contribution is -0.137. The molecule has 0 aliphatic heterocycles. The molecule has 25 heavy (non-hydrogen) atoms. The van der Waals surface area contributed by atoms with Gasteiger partial charge in [-0.25, -0.2) is 4.98 Å². The SMILES string of the molecule is O=Cc1cccc(OCc2coc(-c3ccc(C(F)(F)F)cc3)n2)c1. The number of aldehydes is 1. The normalized spacial score (nSPS) is 11.3. The van der Waals surface area contributed by atoms with Gasteiger partial charge < -0.3 is 9.15 Å². The number of ether oxygens (including phenoxy) is 1. The minimum atomic E-state index is -4.38. The molecular weight excluding hydrogens is 335 g/mol. The number of carbonyl (C=O) groups is 1. The van der Waals surface area contributed by atoms with Gasteiger partial charge in [-0.05, 0) is 36.4 Å². The predicted molar refractivity (Wildman–Crippen MR) is 83.1 cm³/mol. The monoisotopic (exact) mass is 347 g/mol. The molecule has 0 aliphatic carbocycles. The van der Waals surface area contributed by atoms with Gasteiger partial charge in [0.1, 0.15) is 30.6 Å². The lowest BCUT2D eigenvalue weighted by Crippen LogP contribution is -2.04. The lowest BCUT2D eigenvalue weighted by atomic mass is 10.1. The first kappa shape index (κ1) is 16.8. The second-order valence-corrected chi connectivity index (χ2v) is 5.20. The van der Waals surface area contributed by atoms with Crippen LogP contribution in [0.1, 0.15) is 21.6 Å². The third kappa shape index (κ3) is 4.06. The number of nitrogens with zero attached hydrogens (tertiary/aromatic N) is 1. The first-order valence-electron chi connectivity index (χ1n) is 7.26. The van der Waals surface area contributed by atoms with Gasteiger partial charge in [-0.15, -0.1) is 0 Å². The van der Waals surface area contributed by atoms with Crippen molar-refractivity contribution in [3.8, 4) is 17.2 Å². The maximum atomic E-state index is 12.6. The number of alkyl halides is 3. The summed E-state index contributed by atoms with van der Waals surface area (Å²) in [6.45, 7) is 0.104. The highest BCUT2D eigenvalue weighted by molar-refractivity contribution is 5.75. The first-order chi connectivity index (χ1) is 12.0. The van der Waals surface area contributed by atoms with Crippen molar-refractivity contribution >= 4 is 6.29 Å². The van der Waals surface area contributed by atoms with Crippen molar-refractivity contribution in [1.29, 1.82) is 0 Å². The van der Waals surface area contributed by atoms with Gasteiger partial charge in [0.2, 0.25) is 5.89 Å². The van der Waals surface area contributed by atoms with Gasteiger partial charge in [-0.2, -0.15) is 13.2 Å². The molecule has 3 aromatic rings. The molecule has 0 unspecified atom stereocenters. The van der Waals surface area contributed by atoms with Crippen LogP contribution in [0.4, 0.5) is 13.2 Å². The zero-order chi connectivity index (χ0) is 17.9. The van der Waals surface area contributed by atoms with Crippen molar-refractivity contribution in [3.05, 3.63) is 71.6 Å². The van der Waals surface area contributed by atoms with E-state index in [0.29, 0.717) is 28.9 Å². The minimum Gasteiger partial charge on any atom is -0.487 e. The van der Waals surface area contributed by atoms with Crippen molar-refractivity contribution in [2.45, 2.75) is 12.8 Å². The summed E-state index contributed by atoms with van der Waals surface area (Å²) >= 11 is 0. The van der Waals surface area contributed by atoms with Crippen LogP contribution in [0.15, 0.2) is 59.2 Å². The zero-order valence-electron chi connectivity index (χ0n) is 12.8. The summed E-state index contributed by atoms with van der Waals surface area (Å²) in [4.78, 5) is 14.9. The van der Waals surface area contributed by atoms with E-state index in [0.717, 1.165) is 12.1 Å². The van der Waals surface area contributed by atoms with E-state index < -0.39 is 11.7 Å². The van der Waals surface area contributed by atoms with Gasteiger partial charge in [0.05, 0.1) is 5.56 Å². The highest BCUT2D eigenvalue weighted by Gasteiger charge is 2.30. The van der Waals surface area contributed by atoms with Gasteiger partial charge in [-0.1, -0.05) is 12.1 Å². The van der Waals surface area contributed by atoms with Gasteiger partial charge in [-0.3, -0.25) is 4.79 Å². The zero-order valence-corrected chi connectivity index (χ0v) is 12.8. The number of halogens is 3. The Kier molecular flexibility index (Phi) is 4.56. The molecule has 2 aromatic carbocycles. The Morgan fingerprint density at radius 1 is 1.12 bits per heavy atom. The Morgan fingerprint density at radius 2 is 1.88 bits per heavy atom. The fraction of sp³-hybridized carbons (Fsp3) is 0.111. The number of oxazole rings is 1. The molecular formula is C18H12F3NO3. The molecule has 0 saturated heterocycles. The Labute approximate surface area is 140 Å². The molecule has 0 amide bonds. The van der Waals surface area contributed by atoms with Gasteiger partial charge in [0, 0.05) is 11.1 Å². The van der Waals surface area contributed by atoms with E-state index in [2.05, 4.69) is 4.98 Å². The third-order valence-corrected chi connectivity index (χ3v) is 3.39. The molecule has 0 saturated carbocycles. The maximum Gasteiger partial charge on any atom is 0.416 e. The fourth-order valence-corrected chi connectivity index (χ4v) is 2.14. The molecule has 1 heterocycles. The molecule has 128 valence electrons. The second kappa shape index (κ2) is 6.80. The van der Waals surface area contributed by atoms with Crippen molar-refractivity contribution in [1.82, 2.24) is 4.98 Å². The Bertz CT molecular complexity index is 870. The Balaban J connectivity index is 1.68. The lowest BCUT2D eigenvalue weighted by Gasteiger charge is -2.06. The Morgan fingerprint density at radius 3 is 2.56 bits per heavy atom. The Hall–Kier alpha value is -3.09. The standard InChI is InChI=1S/C18H12F3NO3/c19-18(20,21)14-6-4-13(5-7-14)17-22-15(11-25-17)10-24-16-3-1-2-12(8-16)9-23/h1-9,11H,10H2. The van der Waals surface area contributed by atoms with Crippen molar-refractivity contribution in [3.63, 3.8) is 0 Å². The van der Waals surface area contributed by atoms with Crippen molar-refractivity contribution in [2.24, 2.45) is 0 Å². The van der Waals surface area contributed by atoms with Crippen molar-refractivity contribution < 1.29 is 27.1 Å². The summed E-state index contributed by atoms with van der Waals surface area (Å²) < 4.78 is 48.5. The number of carbonyl (C=O) groups excluding carboxylic acids is 1. The summed E-state index contributed by atoms with van der Waals surface area (Å²) in [5, 5.41) is 0. The van der Waals surface area contributed by atoms with Crippen LogP contribution in [0.5, 0.6) is 5.75 Å². The summed E-state index contributed by atoms with van der Waals surface area (Å²) in [7, 11) is 0. The van der Waals surface area contributed by atoms with Crippen LogP contribution in [0.25, 0.3) is 11.5 Å². The predicted octanol–water partition coefficient (Wildman–Crippen LogP) is 4.75. The van der Waals surface area contributed by atoms with Crippen LogP contribution in [-0.2, 0) is 12.8 Å². The molecule has 0 fully saturated rings. The van der Waals surface area contributed by atoms with Crippen LogP contribution < -0.4 is 4.74 Å².